The Morgan fingerprint density at radius 1 is 1.27 bits per heavy atom. The van der Waals surface area contributed by atoms with Crippen LogP contribution in [0.25, 0.3) is 0 Å². The van der Waals surface area contributed by atoms with Gasteiger partial charge in [0.05, 0.1) is 4.88 Å². The highest BCUT2D eigenvalue weighted by Gasteiger charge is 2.16. The summed E-state index contributed by atoms with van der Waals surface area (Å²) in [5.74, 6) is -2.43. The van der Waals surface area contributed by atoms with E-state index in [1.165, 1.54) is 23.5 Å². The van der Waals surface area contributed by atoms with Gasteiger partial charge >= 0.3 is 5.97 Å². The molecule has 1 aromatic heterocycles. The number of ether oxygens (including phenoxy) is 1. The molecular formula is C14H10BrNO5S. The third-order valence-electron chi connectivity index (χ3n) is 2.51. The minimum Gasteiger partial charge on any atom is -0.507 e. The summed E-state index contributed by atoms with van der Waals surface area (Å²) in [4.78, 5) is 35.3. The van der Waals surface area contributed by atoms with Gasteiger partial charge in [0.15, 0.2) is 6.61 Å². The molecule has 8 heteroatoms. The quantitative estimate of drug-likeness (QED) is 0.790. The van der Waals surface area contributed by atoms with Crippen molar-refractivity contribution in [1.29, 1.82) is 0 Å². The lowest BCUT2D eigenvalue weighted by atomic mass is 10.2. The van der Waals surface area contributed by atoms with Crippen LogP contribution in [0, 0.1) is 0 Å². The molecule has 0 bridgehead atoms. The third-order valence-corrected chi connectivity index (χ3v) is 3.87. The van der Waals surface area contributed by atoms with Crippen molar-refractivity contribution in [2.45, 2.75) is 0 Å². The number of imide groups is 1. The molecule has 6 nitrogen and oxygen atoms in total. The van der Waals surface area contributed by atoms with Crippen molar-refractivity contribution >= 4 is 45.1 Å². The van der Waals surface area contributed by atoms with E-state index in [2.05, 4.69) is 21.2 Å². The van der Waals surface area contributed by atoms with Crippen LogP contribution in [0.15, 0.2) is 40.2 Å². The van der Waals surface area contributed by atoms with Crippen molar-refractivity contribution in [3.63, 3.8) is 0 Å². The van der Waals surface area contributed by atoms with Crippen molar-refractivity contribution in [2.75, 3.05) is 6.61 Å². The SMILES string of the molecule is O=C(COC(=O)c1cc(Br)ccc1O)NC(=O)c1cccs1. The molecule has 0 unspecified atom stereocenters. The van der Waals surface area contributed by atoms with Gasteiger partial charge in [-0.1, -0.05) is 22.0 Å². The van der Waals surface area contributed by atoms with E-state index in [0.717, 1.165) is 0 Å². The molecule has 1 aromatic carbocycles. The first-order valence-electron chi connectivity index (χ1n) is 6.00. The standard InChI is InChI=1S/C14H10BrNO5S/c15-8-3-4-10(17)9(6-8)14(20)21-7-12(18)16-13(19)11-2-1-5-22-11/h1-6,17H,7H2,(H,16,18,19). The number of benzene rings is 1. The zero-order valence-corrected chi connectivity index (χ0v) is 13.4. The Bertz CT molecular complexity index is 714. The Kier molecular flexibility index (Phi) is 5.29. The topological polar surface area (TPSA) is 92.7 Å². The molecule has 114 valence electrons. The van der Waals surface area contributed by atoms with Gasteiger partial charge in [0, 0.05) is 4.47 Å². The summed E-state index contributed by atoms with van der Waals surface area (Å²) in [6, 6.07) is 7.49. The Morgan fingerprint density at radius 2 is 2.05 bits per heavy atom. The Labute approximate surface area is 137 Å². The second kappa shape index (κ2) is 7.19. The molecule has 0 atom stereocenters. The highest BCUT2D eigenvalue weighted by molar-refractivity contribution is 9.10. The summed E-state index contributed by atoms with van der Waals surface area (Å²) < 4.78 is 5.34. The number of carbonyl (C=O) groups is 3. The number of hydrogen-bond acceptors (Lipinski definition) is 6. The van der Waals surface area contributed by atoms with Crippen molar-refractivity contribution in [3.8, 4) is 5.75 Å². The number of phenols is 1. The largest absolute Gasteiger partial charge is 0.507 e. The first kappa shape index (κ1) is 16.2. The van der Waals surface area contributed by atoms with E-state index < -0.39 is 24.4 Å². The maximum absolute atomic E-state index is 11.8. The molecule has 0 saturated carbocycles. The molecule has 2 amide bonds. The number of esters is 1. The van der Waals surface area contributed by atoms with Gasteiger partial charge in [-0.25, -0.2) is 4.79 Å². The number of phenolic OH excluding ortho intramolecular Hbond substituents is 1. The zero-order chi connectivity index (χ0) is 16.1. The predicted octanol–water partition coefficient (Wildman–Crippen LogP) is 2.33. The van der Waals surface area contributed by atoms with Gasteiger partial charge in [0.25, 0.3) is 11.8 Å². The number of carbonyl (C=O) groups excluding carboxylic acids is 3. The number of hydrogen-bond donors (Lipinski definition) is 2. The van der Waals surface area contributed by atoms with Crippen LogP contribution >= 0.6 is 27.3 Å². The molecule has 0 aliphatic carbocycles. The molecule has 2 rings (SSSR count). The lowest BCUT2D eigenvalue weighted by Gasteiger charge is -2.06. The minimum atomic E-state index is -0.863. The van der Waals surface area contributed by atoms with E-state index in [1.54, 1.807) is 23.6 Å². The van der Waals surface area contributed by atoms with Crippen LogP contribution in [0.5, 0.6) is 5.75 Å². The van der Waals surface area contributed by atoms with Gasteiger partial charge in [-0.3, -0.25) is 14.9 Å². The summed E-state index contributed by atoms with van der Waals surface area (Å²) >= 11 is 4.35. The highest BCUT2D eigenvalue weighted by Crippen LogP contribution is 2.22. The number of aromatic hydroxyl groups is 1. The zero-order valence-electron chi connectivity index (χ0n) is 11.0. The molecule has 0 radical (unpaired) electrons. The summed E-state index contributed by atoms with van der Waals surface area (Å²) in [5, 5.41) is 13.4. The average molecular weight is 384 g/mol. The van der Waals surface area contributed by atoms with Crippen molar-refractivity contribution in [1.82, 2.24) is 5.32 Å². The summed E-state index contributed by atoms with van der Waals surface area (Å²) in [5.41, 5.74) is -0.0771. The van der Waals surface area contributed by atoms with Gasteiger partial charge in [0.1, 0.15) is 11.3 Å². The molecule has 0 spiro atoms. The van der Waals surface area contributed by atoms with Gasteiger partial charge in [-0.05, 0) is 29.6 Å². The smallest absolute Gasteiger partial charge is 0.342 e. The van der Waals surface area contributed by atoms with Crippen LogP contribution < -0.4 is 5.32 Å². The molecule has 1 heterocycles. The third kappa shape index (κ3) is 4.15. The minimum absolute atomic E-state index is 0.0771. The first-order chi connectivity index (χ1) is 10.5. The number of amides is 2. The second-order valence-corrected chi connectivity index (χ2v) is 5.96. The fourth-order valence-electron chi connectivity index (χ4n) is 1.51. The first-order valence-corrected chi connectivity index (χ1v) is 7.68. The summed E-state index contributed by atoms with van der Waals surface area (Å²) in [6.07, 6.45) is 0. The maximum Gasteiger partial charge on any atom is 0.342 e. The van der Waals surface area contributed by atoms with E-state index in [4.69, 9.17) is 4.74 Å². The molecule has 2 aromatic rings. The molecule has 0 aliphatic heterocycles. The van der Waals surface area contributed by atoms with E-state index >= 15 is 0 Å². The molecule has 22 heavy (non-hydrogen) atoms. The molecule has 2 N–H and O–H groups in total. The fourth-order valence-corrected chi connectivity index (χ4v) is 2.49. The number of nitrogens with one attached hydrogen (secondary N) is 1. The van der Waals surface area contributed by atoms with Crippen LogP contribution in [0.2, 0.25) is 0 Å². The van der Waals surface area contributed by atoms with E-state index in [9.17, 15) is 19.5 Å². The Balaban J connectivity index is 1.89. The number of rotatable bonds is 4. The second-order valence-electron chi connectivity index (χ2n) is 4.09. The van der Waals surface area contributed by atoms with Crippen molar-refractivity contribution in [3.05, 3.63) is 50.6 Å². The maximum atomic E-state index is 11.8. The lowest BCUT2D eigenvalue weighted by Crippen LogP contribution is -2.33. The van der Waals surface area contributed by atoms with Crippen molar-refractivity contribution < 1.29 is 24.2 Å². The fraction of sp³-hybridized carbons (Fsp3) is 0.0714. The van der Waals surface area contributed by atoms with Crippen molar-refractivity contribution in [2.24, 2.45) is 0 Å². The summed E-state index contributed by atoms with van der Waals surface area (Å²) in [6.45, 7) is -0.623. The van der Waals surface area contributed by atoms with Gasteiger partial charge in [-0.2, -0.15) is 0 Å². The molecule has 0 fully saturated rings. The molecule has 0 saturated heterocycles. The lowest BCUT2D eigenvalue weighted by molar-refractivity contribution is -0.123. The van der Waals surface area contributed by atoms with E-state index in [1.807, 2.05) is 0 Å². The molecule has 0 aliphatic rings. The van der Waals surface area contributed by atoms with E-state index in [-0.39, 0.29) is 11.3 Å². The van der Waals surface area contributed by atoms with Crippen LogP contribution in [-0.4, -0.2) is 29.5 Å². The van der Waals surface area contributed by atoms with Crippen LogP contribution in [0.3, 0.4) is 0 Å². The van der Waals surface area contributed by atoms with Gasteiger partial charge in [-0.15, -0.1) is 11.3 Å². The Hall–Kier alpha value is -2.19. The Morgan fingerprint density at radius 3 is 2.73 bits per heavy atom. The summed E-state index contributed by atoms with van der Waals surface area (Å²) in [7, 11) is 0. The number of thiophene rings is 1. The van der Waals surface area contributed by atoms with Gasteiger partial charge < -0.3 is 9.84 Å². The monoisotopic (exact) mass is 383 g/mol. The predicted molar refractivity (Wildman–Crippen MR) is 82.9 cm³/mol. The van der Waals surface area contributed by atoms with Gasteiger partial charge in [0.2, 0.25) is 0 Å². The average Bonchev–Trinajstić information content (AvgIpc) is 3.01. The van der Waals surface area contributed by atoms with Crippen LogP contribution in [0.1, 0.15) is 20.0 Å². The highest BCUT2D eigenvalue weighted by atomic mass is 79.9. The number of halogens is 1. The van der Waals surface area contributed by atoms with E-state index in [0.29, 0.717) is 9.35 Å². The normalized spacial score (nSPS) is 10.0. The van der Waals surface area contributed by atoms with Crippen LogP contribution in [0.4, 0.5) is 0 Å². The molecular weight excluding hydrogens is 374 g/mol. The van der Waals surface area contributed by atoms with Crippen LogP contribution in [-0.2, 0) is 9.53 Å².